The fourth-order valence-electron chi connectivity index (χ4n) is 5.66. The molecule has 0 radical (unpaired) electrons. The van der Waals surface area contributed by atoms with E-state index >= 15 is 0 Å². The fourth-order valence-corrected chi connectivity index (χ4v) is 5.66. The molecule has 31 heavy (non-hydrogen) atoms. The third-order valence-electron chi connectivity index (χ3n) is 7.87. The van der Waals surface area contributed by atoms with Gasteiger partial charge in [-0.25, -0.2) is 0 Å². The number of piperazine rings is 1. The van der Waals surface area contributed by atoms with Gasteiger partial charge in [-0.3, -0.25) is 9.69 Å². The Hall–Kier alpha value is -1.47. The van der Waals surface area contributed by atoms with Crippen LogP contribution in [-0.2, 0) is 14.9 Å². The molecule has 2 heterocycles. The molecule has 0 bridgehead atoms. The van der Waals surface area contributed by atoms with E-state index in [0.29, 0.717) is 19.8 Å². The molecule has 2 saturated heterocycles. The van der Waals surface area contributed by atoms with Crippen LogP contribution in [0, 0.1) is 5.92 Å². The molecule has 1 aromatic rings. The van der Waals surface area contributed by atoms with E-state index in [2.05, 4.69) is 52.5 Å². The van der Waals surface area contributed by atoms with Crippen molar-refractivity contribution in [1.82, 2.24) is 15.1 Å². The third-order valence-corrected chi connectivity index (χ3v) is 7.87. The van der Waals surface area contributed by atoms with Crippen molar-refractivity contribution >= 4 is 5.91 Å². The largest absolute Gasteiger partial charge is 0.391 e. The van der Waals surface area contributed by atoms with Crippen LogP contribution >= 0.6 is 0 Å². The number of hydrogen-bond donors (Lipinski definition) is 2. The number of benzene rings is 1. The van der Waals surface area contributed by atoms with Gasteiger partial charge >= 0.3 is 0 Å². The summed E-state index contributed by atoms with van der Waals surface area (Å²) in [5, 5.41) is 14.4. The maximum atomic E-state index is 12.9. The second-order valence-electron chi connectivity index (χ2n) is 9.80. The van der Waals surface area contributed by atoms with Crippen LogP contribution in [0.4, 0.5) is 0 Å². The summed E-state index contributed by atoms with van der Waals surface area (Å²) in [4.78, 5) is 17.7. The lowest BCUT2D eigenvalue weighted by Crippen LogP contribution is -2.52. The molecule has 6 heteroatoms. The van der Waals surface area contributed by atoms with Crippen LogP contribution in [-0.4, -0.2) is 85.9 Å². The van der Waals surface area contributed by atoms with Crippen molar-refractivity contribution in [2.45, 2.75) is 56.1 Å². The number of carbonyl (C=O) groups excluding carboxylic acids is 1. The fraction of sp³-hybridized carbons (Fsp3) is 0.720. The summed E-state index contributed by atoms with van der Waals surface area (Å²) in [6.07, 6.45) is 4.95. The van der Waals surface area contributed by atoms with Crippen molar-refractivity contribution in [1.29, 1.82) is 0 Å². The van der Waals surface area contributed by atoms with Crippen molar-refractivity contribution in [2.75, 3.05) is 53.0 Å². The normalized spacial score (nSPS) is 31.8. The summed E-state index contributed by atoms with van der Waals surface area (Å²) in [6.45, 7) is 6.19. The molecular formula is C25H39N3O3. The van der Waals surface area contributed by atoms with Crippen molar-refractivity contribution in [3.05, 3.63) is 35.9 Å². The van der Waals surface area contributed by atoms with E-state index < -0.39 is 0 Å². The maximum Gasteiger partial charge on any atom is 0.223 e. The minimum Gasteiger partial charge on any atom is -0.391 e. The second kappa shape index (κ2) is 10.4. The average molecular weight is 430 g/mol. The van der Waals surface area contributed by atoms with Gasteiger partial charge in [0.05, 0.1) is 6.10 Å². The van der Waals surface area contributed by atoms with Gasteiger partial charge in [0.25, 0.3) is 0 Å². The first kappa shape index (κ1) is 22.7. The van der Waals surface area contributed by atoms with Crippen molar-refractivity contribution in [3.8, 4) is 0 Å². The smallest absolute Gasteiger partial charge is 0.223 e. The van der Waals surface area contributed by atoms with E-state index in [9.17, 15) is 9.90 Å². The van der Waals surface area contributed by atoms with Crippen LogP contribution < -0.4 is 5.32 Å². The van der Waals surface area contributed by atoms with Crippen LogP contribution in [0.25, 0.3) is 0 Å². The number of nitrogens with one attached hydrogen (secondary N) is 1. The molecule has 2 aliphatic heterocycles. The van der Waals surface area contributed by atoms with Gasteiger partial charge in [0.1, 0.15) is 0 Å². The van der Waals surface area contributed by atoms with Crippen molar-refractivity contribution in [3.63, 3.8) is 0 Å². The Labute approximate surface area is 186 Å². The van der Waals surface area contributed by atoms with E-state index in [0.717, 1.165) is 64.7 Å². The van der Waals surface area contributed by atoms with Gasteiger partial charge in [-0.1, -0.05) is 30.3 Å². The minimum absolute atomic E-state index is 0.0658. The molecule has 1 saturated carbocycles. The highest BCUT2D eigenvalue weighted by Crippen LogP contribution is 2.39. The van der Waals surface area contributed by atoms with E-state index in [1.54, 1.807) is 0 Å². The number of hydrogen-bond acceptors (Lipinski definition) is 5. The summed E-state index contributed by atoms with van der Waals surface area (Å²) in [5.74, 6) is 0.232. The van der Waals surface area contributed by atoms with Gasteiger partial charge in [-0.15, -0.1) is 0 Å². The highest BCUT2D eigenvalue weighted by atomic mass is 16.5. The Bertz CT molecular complexity index is 701. The molecule has 0 aromatic heterocycles. The van der Waals surface area contributed by atoms with Gasteiger partial charge in [-0.2, -0.15) is 0 Å². The van der Waals surface area contributed by atoms with Gasteiger partial charge in [0.2, 0.25) is 5.91 Å². The lowest BCUT2D eigenvalue weighted by atomic mass is 9.74. The third kappa shape index (κ3) is 5.48. The number of ether oxygens (including phenoxy) is 1. The topological polar surface area (TPSA) is 65.0 Å². The van der Waals surface area contributed by atoms with Crippen LogP contribution in [0.2, 0.25) is 0 Å². The second-order valence-corrected chi connectivity index (χ2v) is 9.80. The molecule has 1 aliphatic carbocycles. The number of nitrogens with zero attached hydrogens (tertiary/aromatic N) is 2. The SMILES string of the molecule is CN1CCN([C@H]2CC[C@](CNC(=O)C3CCOCC3)(c3ccccc3)CC[C@@H]2O)CC1. The Morgan fingerprint density at radius 2 is 1.74 bits per heavy atom. The molecule has 1 amide bonds. The molecule has 1 aromatic carbocycles. The summed E-state index contributed by atoms with van der Waals surface area (Å²) < 4.78 is 5.42. The quantitative estimate of drug-likeness (QED) is 0.701. The van der Waals surface area contributed by atoms with E-state index in [-0.39, 0.29) is 29.4 Å². The van der Waals surface area contributed by atoms with Gasteiger partial charge < -0.3 is 20.1 Å². The molecule has 6 nitrogen and oxygen atoms in total. The zero-order chi connectivity index (χ0) is 21.7. The molecule has 3 atom stereocenters. The molecule has 172 valence electrons. The zero-order valence-electron chi connectivity index (χ0n) is 19.0. The summed E-state index contributed by atoms with van der Waals surface area (Å²) in [5.41, 5.74) is 1.17. The maximum absolute atomic E-state index is 12.9. The molecule has 3 fully saturated rings. The van der Waals surface area contributed by atoms with Gasteiger partial charge in [0, 0.05) is 63.3 Å². The van der Waals surface area contributed by atoms with Gasteiger partial charge in [-0.05, 0) is 51.1 Å². The van der Waals surface area contributed by atoms with Crippen LogP contribution in [0.5, 0.6) is 0 Å². The molecule has 0 unspecified atom stereocenters. The van der Waals surface area contributed by atoms with Crippen molar-refractivity contribution in [2.24, 2.45) is 5.92 Å². The highest BCUT2D eigenvalue weighted by molar-refractivity contribution is 5.78. The molecule has 4 rings (SSSR count). The van der Waals surface area contributed by atoms with E-state index in [1.165, 1.54) is 5.56 Å². The number of likely N-dealkylation sites (N-methyl/N-ethyl adjacent to an activating group) is 1. The number of amides is 1. The van der Waals surface area contributed by atoms with Crippen LogP contribution in [0.3, 0.4) is 0 Å². The van der Waals surface area contributed by atoms with E-state index in [4.69, 9.17) is 4.74 Å². The first-order valence-electron chi connectivity index (χ1n) is 12.1. The minimum atomic E-state index is -0.305. The Morgan fingerprint density at radius 3 is 2.45 bits per heavy atom. The average Bonchev–Trinajstić information content (AvgIpc) is 2.99. The van der Waals surface area contributed by atoms with Crippen molar-refractivity contribution < 1.29 is 14.6 Å². The molecular weight excluding hydrogens is 390 g/mol. The number of rotatable bonds is 5. The number of aliphatic hydroxyl groups excluding tert-OH is 1. The van der Waals surface area contributed by atoms with Crippen LogP contribution in [0.1, 0.15) is 44.1 Å². The monoisotopic (exact) mass is 429 g/mol. The van der Waals surface area contributed by atoms with Gasteiger partial charge in [0.15, 0.2) is 0 Å². The zero-order valence-corrected chi connectivity index (χ0v) is 19.0. The predicted molar refractivity (Wildman–Crippen MR) is 122 cm³/mol. The number of carbonyl (C=O) groups is 1. The Kier molecular flexibility index (Phi) is 7.64. The lowest BCUT2D eigenvalue weighted by Gasteiger charge is -2.39. The highest BCUT2D eigenvalue weighted by Gasteiger charge is 2.40. The standard InChI is InChI=1S/C25H39N3O3/c1-27-13-15-28(16-14-27)22-7-11-25(12-8-23(22)29,21-5-3-2-4-6-21)19-26-24(30)20-9-17-31-18-10-20/h2-6,20,22-23,29H,7-19H2,1H3,(H,26,30)/t22-,23-,25-/m0/s1. The number of aliphatic hydroxyl groups is 1. The summed E-state index contributed by atoms with van der Waals surface area (Å²) >= 11 is 0. The Morgan fingerprint density at radius 1 is 1.06 bits per heavy atom. The Balaban J connectivity index is 1.48. The molecule has 3 aliphatic rings. The lowest BCUT2D eigenvalue weighted by molar-refractivity contribution is -0.128. The summed E-state index contributed by atoms with van der Waals surface area (Å²) in [7, 11) is 2.17. The molecule has 0 spiro atoms. The molecule has 2 N–H and O–H groups in total. The van der Waals surface area contributed by atoms with E-state index in [1.807, 2.05) is 0 Å². The first-order chi connectivity index (χ1) is 15.1. The summed E-state index contributed by atoms with van der Waals surface area (Å²) in [6, 6.07) is 10.8. The first-order valence-corrected chi connectivity index (χ1v) is 12.1. The predicted octanol–water partition coefficient (Wildman–Crippen LogP) is 2.02. The van der Waals surface area contributed by atoms with Crippen LogP contribution in [0.15, 0.2) is 30.3 Å².